The number of carbonyl (C=O) groups is 1. The number of hydrogen-bond acceptors (Lipinski definition) is 4. The molecule has 1 aromatic carbocycles. The summed E-state index contributed by atoms with van der Waals surface area (Å²) < 4.78 is 10.2. The first-order chi connectivity index (χ1) is 10.0. The summed E-state index contributed by atoms with van der Waals surface area (Å²) in [4.78, 5) is 11.6. The van der Waals surface area contributed by atoms with Crippen LogP contribution in [-0.4, -0.2) is 18.2 Å². The number of methoxy groups -OCH3 is 1. The van der Waals surface area contributed by atoms with Crippen LogP contribution in [0.4, 0.5) is 0 Å². The first-order valence-corrected chi connectivity index (χ1v) is 7.21. The highest BCUT2D eigenvalue weighted by Crippen LogP contribution is 2.26. The lowest BCUT2D eigenvalue weighted by Crippen LogP contribution is -2.04. The molecular formula is C17H24O4. The monoisotopic (exact) mass is 292 g/mol. The molecule has 0 radical (unpaired) electrons. The Labute approximate surface area is 126 Å². The predicted octanol–water partition coefficient (Wildman–Crippen LogP) is 3.83. The van der Waals surface area contributed by atoms with Crippen LogP contribution in [-0.2, 0) is 16.1 Å². The third kappa shape index (κ3) is 6.84. The Hall–Kier alpha value is -1.97. The third-order valence-corrected chi connectivity index (χ3v) is 2.92. The smallest absolute Gasteiger partial charge is 0.306 e. The van der Waals surface area contributed by atoms with Gasteiger partial charge in [-0.3, -0.25) is 4.79 Å². The van der Waals surface area contributed by atoms with E-state index >= 15 is 0 Å². The molecule has 0 heterocycles. The maximum atomic E-state index is 11.6. The van der Waals surface area contributed by atoms with Crippen molar-refractivity contribution in [1.29, 1.82) is 0 Å². The second-order valence-electron chi connectivity index (χ2n) is 5.23. The maximum absolute atomic E-state index is 11.6. The molecule has 0 saturated heterocycles. The molecular weight excluding hydrogens is 268 g/mol. The van der Waals surface area contributed by atoms with E-state index < -0.39 is 0 Å². The van der Waals surface area contributed by atoms with Crippen molar-refractivity contribution in [3.8, 4) is 11.5 Å². The molecule has 21 heavy (non-hydrogen) atoms. The number of unbranched alkanes of at least 4 members (excludes halogenated alkanes) is 1. The molecule has 0 aliphatic rings. The number of rotatable bonds is 8. The van der Waals surface area contributed by atoms with Crippen LogP contribution < -0.4 is 4.74 Å². The number of aromatic hydroxyl groups is 1. The Morgan fingerprint density at radius 2 is 2.14 bits per heavy atom. The lowest BCUT2D eigenvalue weighted by molar-refractivity contribution is -0.145. The summed E-state index contributed by atoms with van der Waals surface area (Å²) >= 11 is 0. The van der Waals surface area contributed by atoms with Crippen molar-refractivity contribution in [1.82, 2.24) is 0 Å². The van der Waals surface area contributed by atoms with E-state index in [1.165, 1.54) is 13.2 Å². The standard InChI is InChI=1S/C17H24O4/c1-13(2)7-5-4-6-8-17(19)21-12-14-9-10-15(18)16(11-14)20-3/h5,7,9-11,13,18H,4,6,8,12H2,1-3H3/b7-5+. The molecule has 0 spiro atoms. The minimum Gasteiger partial charge on any atom is -0.504 e. The molecule has 1 rings (SSSR count). The largest absolute Gasteiger partial charge is 0.504 e. The lowest BCUT2D eigenvalue weighted by atomic mass is 10.1. The normalized spacial score (nSPS) is 11.0. The van der Waals surface area contributed by atoms with Gasteiger partial charge in [0.25, 0.3) is 0 Å². The van der Waals surface area contributed by atoms with Gasteiger partial charge in [-0.25, -0.2) is 0 Å². The number of carbonyl (C=O) groups excluding carboxylic acids is 1. The van der Waals surface area contributed by atoms with Gasteiger partial charge >= 0.3 is 5.97 Å². The maximum Gasteiger partial charge on any atom is 0.306 e. The quantitative estimate of drug-likeness (QED) is 0.449. The van der Waals surface area contributed by atoms with Gasteiger partial charge in [-0.2, -0.15) is 0 Å². The van der Waals surface area contributed by atoms with Crippen molar-refractivity contribution < 1.29 is 19.4 Å². The zero-order chi connectivity index (χ0) is 15.7. The Balaban J connectivity index is 2.30. The zero-order valence-electron chi connectivity index (χ0n) is 13.0. The fraction of sp³-hybridized carbons (Fsp3) is 0.471. The highest BCUT2D eigenvalue weighted by Gasteiger charge is 2.06. The first-order valence-electron chi connectivity index (χ1n) is 7.21. The van der Waals surface area contributed by atoms with Gasteiger partial charge in [0.1, 0.15) is 6.61 Å². The topological polar surface area (TPSA) is 55.8 Å². The van der Waals surface area contributed by atoms with Crippen molar-refractivity contribution in [3.63, 3.8) is 0 Å². The van der Waals surface area contributed by atoms with E-state index in [0.29, 0.717) is 18.1 Å². The molecule has 116 valence electrons. The number of allylic oxidation sites excluding steroid dienone is 2. The van der Waals surface area contributed by atoms with Crippen LogP contribution in [0.2, 0.25) is 0 Å². The van der Waals surface area contributed by atoms with Crippen molar-refractivity contribution in [2.75, 3.05) is 7.11 Å². The molecule has 0 fully saturated rings. The minimum atomic E-state index is -0.208. The number of esters is 1. The van der Waals surface area contributed by atoms with Gasteiger partial charge in [0.05, 0.1) is 7.11 Å². The Morgan fingerprint density at radius 1 is 1.38 bits per heavy atom. The van der Waals surface area contributed by atoms with Crippen LogP contribution in [0.3, 0.4) is 0 Å². The summed E-state index contributed by atoms with van der Waals surface area (Å²) in [5, 5.41) is 9.48. The van der Waals surface area contributed by atoms with Crippen molar-refractivity contribution >= 4 is 5.97 Å². The molecule has 4 nitrogen and oxygen atoms in total. The van der Waals surface area contributed by atoms with E-state index in [0.717, 1.165) is 18.4 Å². The van der Waals surface area contributed by atoms with Crippen molar-refractivity contribution in [2.45, 2.75) is 39.7 Å². The molecule has 0 aliphatic heterocycles. The van der Waals surface area contributed by atoms with Gasteiger partial charge in [0, 0.05) is 6.42 Å². The van der Waals surface area contributed by atoms with Crippen LogP contribution in [0.25, 0.3) is 0 Å². The summed E-state index contributed by atoms with van der Waals surface area (Å²) in [7, 11) is 1.48. The third-order valence-electron chi connectivity index (χ3n) is 2.92. The second kappa shape index (κ2) is 9.06. The van der Waals surface area contributed by atoms with Crippen LogP contribution >= 0.6 is 0 Å². The van der Waals surface area contributed by atoms with E-state index in [4.69, 9.17) is 9.47 Å². The Morgan fingerprint density at radius 3 is 2.81 bits per heavy atom. The number of hydrogen-bond donors (Lipinski definition) is 1. The van der Waals surface area contributed by atoms with E-state index in [1.807, 2.05) is 0 Å². The van der Waals surface area contributed by atoms with Crippen LogP contribution in [0.15, 0.2) is 30.4 Å². The predicted molar refractivity (Wildman–Crippen MR) is 82.3 cm³/mol. The minimum absolute atomic E-state index is 0.0736. The van der Waals surface area contributed by atoms with Crippen molar-refractivity contribution in [2.24, 2.45) is 5.92 Å². The number of phenols is 1. The van der Waals surface area contributed by atoms with Crippen molar-refractivity contribution in [3.05, 3.63) is 35.9 Å². The molecule has 0 aliphatic carbocycles. The van der Waals surface area contributed by atoms with E-state index in [2.05, 4.69) is 26.0 Å². The number of benzene rings is 1. The molecule has 0 unspecified atom stereocenters. The van der Waals surface area contributed by atoms with E-state index in [9.17, 15) is 9.90 Å². The SMILES string of the molecule is COc1cc(COC(=O)CCC/C=C/C(C)C)ccc1O. The number of phenolic OH excluding ortho intramolecular Hbond substituents is 1. The molecule has 1 aromatic rings. The van der Waals surface area contributed by atoms with Crippen LogP contribution in [0.5, 0.6) is 11.5 Å². The molecule has 0 amide bonds. The second-order valence-corrected chi connectivity index (χ2v) is 5.23. The van der Waals surface area contributed by atoms with Gasteiger partial charge in [0.15, 0.2) is 11.5 Å². The summed E-state index contributed by atoms with van der Waals surface area (Å²) in [6.07, 6.45) is 6.33. The van der Waals surface area contributed by atoms with Gasteiger partial charge in [-0.05, 0) is 36.5 Å². The summed E-state index contributed by atoms with van der Waals surface area (Å²) in [5.74, 6) is 0.785. The van der Waals surface area contributed by atoms with Crippen LogP contribution in [0, 0.1) is 5.92 Å². The van der Waals surface area contributed by atoms with E-state index in [-0.39, 0.29) is 18.3 Å². The first kappa shape index (κ1) is 17.1. The van der Waals surface area contributed by atoms with Gasteiger partial charge in [-0.1, -0.05) is 32.1 Å². The van der Waals surface area contributed by atoms with Gasteiger partial charge < -0.3 is 14.6 Å². The van der Waals surface area contributed by atoms with Gasteiger partial charge in [0.2, 0.25) is 0 Å². The average Bonchev–Trinajstić information content (AvgIpc) is 2.45. The molecule has 1 N–H and O–H groups in total. The highest BCUT2D eigenvalue weighted by atomic mass is 16.5. The molecule has 4 heteroatoms. The average molecular weight is 292 g/mol. The fourth-order valence-electron chi connectivity index (χ4n) is 1.78. The Kier molecular flexibility index (Phi) is 7.37. The molecule has 0 aromatic heterocycles. The lowest BCUT2D eigenvalue weighted by Gasteiger charge is -2.07. The van der Waals surface area contributed by atoms with Gasteiger partial charge in [-0.15, -0.1) is 0 Å². The summed E-state index contributed by atoms with van der Waals surface area (Å²) in [5.41, 5.74) is 0.790. The van der Waals surface area contributed by atoms with E-state index in [1.54, 1.807) is 12.1 Å². The highest BCUT2D eigenvalue weighted by molar-refractivity contribution is 5.69. The van der Waals surface area contributed by atoms with Crippen LogP contribution in [0.1, 0.15) is 38.7 Å². The molecule has 0 atom stereocenters. The Bertz CT molecular complexity index is 478. The fourth-order valence-corrected chi connectivity index (χ4v) is 1.78. The molecule has 0 bridgehead atoms. The molecule has 0 saturated carbocycles. The summed E-state index contributed by atoms with van der Waals surface area (Å²) in [6, 6.07) is 4.89. The summed E-state index contributed by atoms with van der Waals surface area (Å²) in [6.45, 7) is 4.44. The number of ether oxygens (including phenoxy) is 2. The zero-order valence-corrected chi connectivity index (χ0v) is 13.0.